The maximum absolute atomic E-state index is 12.0. The summed E-state index contributed by atoms with van der Waals surface area (Å²) in [5.41, 5.74) is 7.40. The third-order valence-electron chi connectivity index (χ3n) is 4.54. The molecule has 1 aromatic rings. The molecule has 2 amide bonds. The third-order valence-corrected chi connectivity index (χ3v) is 5.91. The fourth-order valence-electron chi connectivity index (χ4n) is 3.02. The molecule has 1 aliphatic rings. The molecule has 1 heterocycles. The molecule has 0 radical (unpaired) electrons. The first-order valence-electron chi connectivity index (χ1n) is 8.18. The van der Waals surface area contributed by atoms with Gasteiger partial charge < -0.3 is 16.4 Å². The Kier molecular flexibility index (Phi) is 5.65. The monoisotopic (exact) mass is 367 g/mol. The molecule has 0 saturated heterocycles. The van der Waals surface area contributed by atoms with Gasteiger partial charge in [0.1, 0.15) is 5.00 Å². The summed E-state index contributed by atoms with van der Waals surface area (Å²) in [6, 6.07) is 0. The predicted molar refractivity (Wildman–Crippen MR) is 102 cm³/mol. The summed E-state index contributed by atoms with van der Waals surface area (Å²) in [6.45, 7) is 8.50. The first kappa shape index (κ1) is 18.9. The van der Waals surface area contributed by atoms with Crippen molar-refractivity contribution in [2.75, 3.05) is 5.32 Å². The molecule has 2 rings (SSSR count). The van der Waals surface area contributed by atoms with E-state index in [0.717, 1.165) is 24.8 Å². The van der Waals surface area contributed by atoms with Crippen molar-refractivity contribution < 1.29 is 9.59 Å². The number of hydrogen-bond donors (Lipinski definition) is 3. The number of carbonyl (C=O) groups excluding carboxylic acids is 2. The van der Waals surface area contributed by atoms with E-state index in [9.17, 15) is 9.59 Å². The van der Waals surface area contributed by atoms with Gasteiger partial charge in [-0.1, -0.05) is 27.7 Å². The van der Waals surface area contributed by atoms with E-state index in [-0.39, 0.29) is 16.4 Å². The molecular weight excluding hydrogens is 342 g/mol. The molecule has 7 heteroatoms. The predicted octanol–water partition coefficient (Wildman–Crippen LogP) is 3.22. The Hall–Kier alpha value is -1.47. The number of amides is 2. The standard InChI is InChI=1S/C17H25N3O2S2/c1-5-12(21)19-16(23)20-15-13(14(18)22)10-7-6-9(17(2,3)4)8-11(10)24-15/h9H,5-8H2,1-4H3,(H2,18,22)(H2,19,20,21,23)/t9-/m0/s1. The first-order chi connectivity index (χ1) is 11.1. The zero-order valence-corrected chi connectivity index (χ0v) is 16.2. The molecule has 0 bridgehead atoms. The molecule has 0 aliphatic heterocycles. The van der Waals surface area contributed by atoms with Gasteiger partial charge in [-0.25, -0.2) is 0 Å². The number of fused-ring (bicyclic) bond motifs is 1. The van der Waals surface area contributed by atoms with Gasteiger partial charge in [-0.2, -0.15) is 0 Å². The van der Waals surface area contributed by atoms with E-state index in [2.05, 4.69) is 31.4 Å². The lowest BCUT2D eigenvalue weighted by atomic mass is 9.72. The Labute approximate surface area is 152 Å². The van der Waals surface area contributed by atoms with E-state index < -0.39 is 5.91 Å². The number of anilines is 1. The molecule has 132 valence electrons. The fourth-order valence-corrected chi connectivity index (χ4v) is 4.64. The van der Waals surface area contributed by atoms with Crippen LogP contribution in [0, 0.1) is 11.3 Å². The summed E-state index contributed by atoms with van der Waals surface area (Å²) in [6.07, 6.45) is 3.18. The minimum Gasteiger partial charge on any atom is -0.365 e. The van der Waals surface area contributed by atoms with Crippen molar-refractivity contribution in [3.63, 3.8) is 0 Å². The lowest BCUT2D eigenvalue weighted by molar-refractivity contribution is -0.119. The molecule has 1 aliphatic carbocycles. The molecule has 0 saturated carbocycles. The van der Waals surface area contributed by atoms with Gasteiger partial charge >= 0.3 is 0 Å². The Morgan fingerprint density at radius 2 is 2.04 bits per heavy atom. The summed E-state index contributed by atoms with van der Waals surface area (Å²) < 4.78 is 0. The largest absolute Gasteiger partial charge is 0.365 e. The van der Waals surface area contributed by atoms with E-state index in [1.807, 2.05) is 0 Å². The van der Waals surface area contributed by atoms with Crippen LogP contribution in [0.3, 0.4) is 0 Å². The highest BCUT2D eigenvalue weighted by molar-refractivity contribution is 7.80. The highest BCUT2D eigenvalue weighted by atomic mass is 32.1. The van der Waals surface area contributed by atoms with Crippen molar-refractivity contribution in [1.82, 2.24) is 5.32 Å². The second-order valence-corrected chi connectivity index (χ2v) is 8.75. The lowest BCUT2D eigenvalue weighted by Gasteiger charge is -2.33. The van der Waals surface area contributed by atoms with Crippen LogP contribution in [-0.2, 0) is 17.6 Å². The van der Waals surface area contributed by atoms with Crippen molar-refractivity contribution in [1.29, 1.82) is 0 Å². The molecular formula is C17H25N3O2S2. The summed E-state index contributed by atoms with van der Waals surface area (Å²) in [4.78, 5) is 24.6. The molecule has 1 aromatic heterocycles. The van der Waals surface area contributed by atoms with E-state index in [4.69, 9.17) is 18.0 Å². The van der Waals surface area contributed by atoms with Crippen molar-refractivity contribution in [2.24, 2.45) is 17.1 Å². The maximum atomic E-state index is 12.0. The number of hydrogen-bond acceptors (Lipinski definition) is 4. The molecule has 24 heavy (non-hydrogen) atoms. The first-order valence-corrected chi connectivity index (χ1v) is 9.41. The third kappa shape index (κ3) is 4.13. The molecule has 5 nitrogen and oxygen atoms in total. The second kappa shape index (κ2) is 7.19. The van der Waals surface area contributed by atoms with Crippen LogP contribution in [0.5, 0.6) is 0 Å². The number of thiophene rings is 1. The van der Waals surface area contributed by atoms with Gasteiger partial charge in [0, 0.05) is 11.3 Å². The van der Waals surface area contributed by atoms with E-state index in [1.165, 1.54) is 16.2 Å². The summed E-state index contributed by atoms with van der Waals surface area (Å²) in [7, 11) is 0. The van der Waals surface area contributed by atoms with Gasteiger partial charge in [0.25, 0.3) is 5.91 Å². The highest BCUT2D eigenvalue weighted by Gasteiger charge is 2.33. The Morgan fingerprint density at radius 3 is 2.58 bits per heavy atom. The van der Waals surface area contributed by atoms with Gasteiger partial charge in [0.15, 0.2) is 5.11 Å². The SMILES string of the molecule is CCC(=O)NC(=S)Nc1sc2c(c1C(N)=O)CC[C@H](C(C)(C)C)C2. The minimum atomic E-state index is -0.450. The summed E-state index contributed by atoms with van der Waals surface area (Å²) >= 11 is 6.68. The van der Waals surface area contributed by atoms with Crippen LogP contribution in [-0.4, -0.2) is 16.9 Å². The van der Waals surface area contributed by atoms with E-state index in [1.54, 1.807) is 6.92 Å². The van der Waals surface area contributed by atoms with Gasteiger partial charge in [-0.05, 0) is 48.4 Å². The van der Waals surface area contributed by atoms with E-state index in [0.29, 0.717) is 22.9 Å². The topological polar surface area (TPSA) is 84.2 Å². The Balaban J connectivity index is 2.27. The molecule has 0 fully saturated rings. The van der Waals surface area contributed by atoms with Crippen molar-refractivity contribution in [3.05, 3.63) is 16.0 Å². The smallest absolute Gasteiger partial charge is 0.251 e. The lowest BCUT2D eigenvalue weighted by Crippen LogP contribution is -2.33. The average molecular weight is 368 g/mol. The number of primary amides is 1. The normalized spacial score (nSPS) is 17.1. The number of nitrogens with one attached hydrogen (secondary N) is 2. The van der Waals surface area contributed by atoms with Crippen LogP contribution >= 0.6 is 23.6 Å². The number of carbonyl (C=O) groups is 2. The van der Waals surface area contributed by atoms with Gasteiger partial charge in [0.2, 0.25) is 5.91 Å². The minimum absolute atomic E-state index is 0.165. The molecule has 0 aromatic carbocycles. The fraction of sp³-hybridized carbons (Fsp3) is 0.588. The zero-order chi connectivity index (χ0) is 18.1. The van der Waals surface area contributed by atoms with Crippen LogP contribution in [0.2, 0.25) is 0 Å². The zero-order valence-electron chi connectivity index (χ0n) is 14.6. The molecule has 0 spiro atoms. The van der Waals surface area contributed by atoms with Crippen LogP contribution < -0.4 is 16.4 Å². The molecule has 1 atom stereocenters. The van der Waals surface area contributed by atoms with Gasteiger partial charge in [0.05, 0.1) is 5.56 Å². The Morgan fingerprint density at radius 1 is 1.38 bits per heavy atom. The van der Waals surface area contributed by atoms with Crippen LogP contribution in [0.4, 0.5) is 5.00 Å². The van der Waals surface area contributed by atoms with Crippen molar-refractivity contribution >= 4 is 45.5 Å². The Bertz CT molecular complexity index is 674. The molecule has 0 unspecified atom stereocenters. The van der Waals surface area contributed by atoms with Crippen LogP contribution in [0.15, 0.2) is 0 Å². The van der Waals surface area contributed by atoms with Crippen LogP contribution in [0.1, 0.15) is 61.3 Å². The number of nitrogens with two attached hydrogens (primary N) is 1. The highest BCUT2D eigenvalue weighted by Crippen LogP contribution is 2.44. The molecule has 4 N–H and O–H groups in total. The maximum Gasteiger partial charge on any atom is 0.251 e. The average Bonchev–Trinajstić information content (AvgIpc) is 2.82. The van der Waals surface area contributed by atoms with Crippen LogP contribution in [0.25, 0.3) is 0 Å². The van der Waals surface area contributed by atoms with Crippen molar-refractivity contribution in [3.8, 4) is 0 Å². The summed E-state index contributed by atoms with van der Waals surface area (Å²) in [5, 5.41) is 6.42. The number of rotatable bonds is 3. The van der Waals surface area contributed by atoms with E-state index >= 15 is 0 Å². The quantitative estimate of drug-likeness (QED) is 0.716. The number of thiocarbonyl (C=S) groups is 1. The summed E-state index contributed by atoms with van der Waals surface area (Å²) in [5.74, 6) is -0.0416. The second-order valence-electron chi connectivity index (χ2n) is 7.23. The van der Waals surface area contributed by atoms with Gasteiger partial charge in [-0.3, -0.25) is 9.59 Å². The van der Waals surface area contributed by atoms with Crippen molar-refractivity contribution in [2.45, 2.75) is 53.4 Å². The van der Waals surface area contributed by atoms with Gasteiger partial charge in [-0.15, -0.1) is 11.3 Å².